The summed E-state index contributed by atoms with van der Waals surface area (Å²) in [5.74, 6) is 3.80. The number of hydrogen-bond donors (Lipinski definition) is 2. The Morgan fingerprint density at radius 3 is 2.79 bits per heavy atom. The van der Waals surface area contributed by atoms with E-state index in [9.17, 15) is 8.78 Å². The molecule has 1 unspecified atom stereocenters. The molecular formula is C9H12F2N2O. The number of hydrogen-bond acceptors (Lipinski definition) is 3. The van der Waals surface area contributed by atoms with Crippen LogP contribution >= 0.6 is 0 Å². The molecule has 3 nitrogen and oxygen atoms in total. The van der Waals surface area contributed by atoms with Gasteiger partial charge in [0.15, 0.2) is 11.6 Å². The average Bonchev–Trinajstić information content (AvgIpc) is 2.16. The summed E-state index contributed by atoms with van der Waals surface area (Å²) in [5.41, 5.74) is 2.44. The van der Waals surface area contributed by atoms with E-state index in [1.165, 1.54) is 6.07 Å². The molecule has 0 aliphatic heterocycles. The summed E-state index contributed by atoms with van der Waals surface area (Å²) >= 11 is 0. The maximum Gasteiger partial charge on any atom is 0.167 e. The summed E-state index contributed by atoms with van der Waals surface area (Å²) in [6, 6.07) is 3.06. The van der Waals surface area contributed by atoms with E-state index in [-0.39, 0.29) is 18.4 Å². The van der Waals surface area contributed by atoms with E-state index >= 15 is 0 Å². The van der Waals surface area contributed by atoms with Gasteiger partial charge in [0.25, 0.3) is 0 Å². The fourth-order valence-electron chi connectivity index (χ4n) is 0.855. The Morgan fingerprint density at radius 1 is 1.50 bits per heavy atom. The van der Waals surface area contributed by atoms with E-state index in [0.717, 1.165) is 12.1 Å². The summed E-state index contributed by atoms with van der Waals surface area (Å²) in [4.78, 5) is 0. The molecule has 0 bridgehead atoms. The summed E-state index contributed by atoms with van der Waals surface area (Å²) in [7, 11) is 0. The molecule has 1 rings (SSSR count). The van der Waals surface area contributed by atoms with E-state index in [2.05, 4.69) is 5.43 Å². The number of hydrazine groups is 1. The van der Waals surface area contributed by atoms with Crippen LogP contribution in [0.15, 0.2) is 18.2 Å². The van der Waals surface area contributed by atoms with Crippen LogP contribution in [0.5, 0.6) is 5.75 Å². The molecule has 78 valence electrons. The third kappa shape index (κ3) is 2.93. The Labute approximate surface area is 80.8 Å². The van der Waals surface area contributed by atoms with Gasteiger partial charge in [0.1, 0.15) is 12.4 Å². The molecule has 0 aromatic heterocycles. The molecule has 0 amide bonds. The lowest BCUT2D eigenvalue weighted by Gasteiger charge is -2.12. The van der Waals surface area contributed by atoms with Gasteiger partial charge in [-0.2, -0.15) is 0 Å². The summed E-state index contributed by atoms with van der Waals surface area (Å²) in [6.45, 7) is 2.00. The second-order valence-electron chi connectivity index (χ2n) is 2.95. The van der Waals surface area contributed by atoms with Crippen molar-refractivity contribution in [3.63, 3.8) is 0 Å². The highest BCUT2D eigenvalue weighted by Crippen LogP contribution is 2.17. The molecule has 0 heterocycles. The van der Waals surface area contributed by atoms with Crippen LogP contribution in [-0.4, -0.2) is 12.6 Å². The molecule has 0 radical (unpaired) electrons. The predicted octanol–water partition coefficient (Wildman–Crippen LogP) is 1.20. The largest absolute Gasteiger partial charge is 0.489 e. The topological polar surface area (TPSA) is 47.3 Å². The van der Waals surface area contributed by atoms with Crippen LogP contribution in [0.1, 0.15) is 6.92 Å². The number of halogens is 2. The van der Waals surface area contributed by atoms with Gasteiger partial charge in [-0.1, -0.05) is 0 Å². The number of nitrogens with two attached hydrogens (primary N) is 1. The standard InChI is InChI=1S/C9H12F2N2O/c1-6(13-12)5-14-9-3-2-7(10)4-8(9)11/h2-4,6,13H,5,12H2,1H3. The average molecular weight is 202 g/mol. The van der Waals surface area contributed by atoms with E-state index in [1.807, 2.05) is 0 Å². The van der Waals surface area contributed by atoms with Crippen molar-refractivity contribution < 1.29 is 13.5 Å². The van der Waals surface area contributed by atoms with Crippen molar-refractivity contribution in [3.8, 4) is 5.75 Å². The third-order valence-corrected chi connectivity index (χ3v) is 1.67. The van der Waals surface area contributed by atoms with Crippen molar-refractivity contribution >= 4 is 0 Å². The minimum absolute atomic E-state index is 0.0218. The van der Waals surface area contributed by atoms with Crippen molar-refractivity contribution in [2.75, 3.05) is 6.61 Å². The summed E-state index contributed by atoms with van der Waals surface area (Å²) in [6.07, 6.45) is 0. The fraction of sp³-hybridized carbons (Fsp3) is 0.333. The van der Waals surface area contributed by atoms with Crippen LogP contribution in [-0.2, 0) is 0 Å². The summed E-state index contributed by atoms with van der Waals surface area (Å²) < 4.78 is 30.5. The van der Waals surface area contributed by atoms with Crippen LogP contribution in [0.2, 0.25) is 0 Å². The van der Waals surface area contributed by atoms with Gasteiger partial charge in [0, 0.05) is 6.07 Å². The van der Waals surface area contributed by atoms with Crippen LogP contribution in [0.25, 0.3) is 0 Å². The second-order valence-corrected chi connectivity index (χ2v) is 2.95. The first kappa shape index (κ1) is 10.9. The highest BCUT2D eigenvalue weighted by Gasteiger charge is 2.06. The molecular weight excluding hydrogens is 190 g/mol. The lowest BCUT2D eigenvalue weighted by atomic mass is 10.3. The number of benzene rings is 1. The molecule has 0 saturated heterocycles. The molecule has 0 saturated carbocycles. The number of rotatable bonds is 4. The zero-order chi connectivity index (χ0) is 10.6. The zero-order valence-corrected chi connectivity index (χ0v) is 7.76. The molecule has 14 heavy (non-hydrogen) atoms. The molecule has 5 heteroatoms. The van der Waals surface area contributed by atoms with Crippen molar-refractivity contribution in [1.29, 1.82) is 0 Å². The van der Waals surface area contributed by atoms with Gasteiger partial charge < -0.3 is 4.74 Å². The van der Waals surface area contributed by atoms with E-state index in [1.54, 1.807) is 6.92 Å². The fourth-order valence-corrected chi connectivity index (χ4v) is 0.855. The second kappa shape index (κ2) is 4.88. The first-order chi connectivity index (χ1) is 6.63. The SMILES string of the molecule is CC(COc1ccc(F)cc1F)NN. The molecule has 1 aromatic carbocycles. The van der Waals surface area contributed by atoms with Crippen LogP contribution in [0.4, 0.5) is 8.78 Å². The van der Waals surface area contributed by atoms with Gasteiger partial charge in [-0.05, 0) is 19.1 Å². The van der Waals surface area contributed by atoms with E-state index < -0.39 is 11.6 Å². The molecule has 1 aromatic rings. The molecule has 3 N–H and O–H groups in total. The molecule has 0 fully saturated rings. The van der Waals surface area contributed by atoms with Gasteiger partial charge in [-0.25, -0.2) is 8.78 Å². The molecule has 0 aliphatic rings. The lowest BCUT2D eigenvalue weighted by molar-refractivity contribution is 0.262. The number of nitrogens with one attached hydrogen (secondary N) is 1. The van der Waals surface area contributed by atoms with Crippen LogP contribution in [0, 0.1) is 11.6 Å². The maximum absolute atomic E-state index is 13.0. The quantitative estimate of drug-likeness (QED) is 0.569. The minimum Gasteiger partial charge on any atom is -0.489 e. The molecule has 1 atom stereocenters. The van der Waals surface area contributed by atoms with E-state index in [4.69, 9.17) is 10.6 Å². The zero-order valence-electron chi connectivity index (χ0n) is 7.76. The predicted molar refractivity (Wildman–Crippen MR) is 48.6 cm³/mol. The van der Waals surface area contributed by atoms with Gasteiger partial charge in [-0.15, -0.1) is 0 Å². The first-order valence-corrected chi connectivity index (χ1v) is 4.17. The lowest BCUT2D eigenvalue weighted by Crippen LogP contribution is -2.37. The number of ether oxygens (including phenoxy) is 1. The normalized spacial score (nSPS) is 12.6. The van der Waals surface area contributed by atoms with Gasteiger partial charge in [0.2, 0.25) is 0 Å². The minimum atomic E-state index is -0.714. The van der Waals surface area contributed by atoms with Gasteiger partial charge in [-0.3, -0.25) is 11.3 Å². The van der Waals surface area contributed by atoms with Crippen LogP contribution in [0.3, 0.4) is 0 Å². The highest BCUT2D eigenvalue weighted by atomic mass is 19.1. The van der Waals surface area contributed by atoms with Crippen molar-refractivity contribution in [1.82, 2.24) is 5.43 Å². The third-order valence-electron chi connectivity index (χ3n) is 1.67. The highest BCUT2D eigenvalue weighted by molar-refractivity contribution is 5.24. The first-order valence-electron chi connectivity index (χ1n) is 4.17. The Kier molecular flexibility index (Phi) is 3.79. The van der Waals surface area contributed by atoms with Gasteiger partial charge in [0.05, 0.1) is 6.04 Å². The van der Waals surface area contributed by atoms with Crippen molar-refractivity contribution in [2.45, 2.75) is 13.0 Å². The van der Waals surface area contributed by atoms with Gasteiger partial charge >= 0.3 is 0 Å². The Morgan fingerprint density at radius 2 is 2.21 bits per heavy atom. The van der Waals surface area contributed by atoms with E-state index in [0.29, 0.717) is 0 Å². The molecule has 0 spiro atoms. The summed E-state index contributed by atoms with van der Waals surface area (Å²) in [5, 5.41) is 0. The van der Waals surface area contributed by atoms with Crippen molar-refractivity contribution in [2.24, 2.45) is 5.84 Å². The Bertz CT molecular complexity index is 307. The maximum atomic E-state index is 13.0. The van der Waals surface area contributed by atoms with Crippen molar-refractivity contribution in [3.05, 3.63) is 29.8 Å². The van der Waals surface area contributed by atoms with Crippen LogP contribution < -0.4 is 16.0 Å². The Balaban J connectivity index is 2.59. The monoisotopic (exact) mass is 202 g/mol. The smallest absolute Gasteiger partial charge is 0.167 e. The Hall–Kier alpha value is -1.20. The molecule has 0 aliphatic carbocycles.